The molecule has 0 N–H and O–H groups in total. The van der Waals surface area contributed by atoms with Gasteiger partial charge in [0.15, 0.2) is 0 Å². The fourth-order valence-electron chi connectivity index (χ4n) is 9.78. The van der Waals surface area contributed by atoms with Gasteiger partial charge in [-0.15, -0.1) is 0 Å². The Morgan fingerprint density at radius 3 is 1.54 bits per heavy atom. The van der Waals surface area contributed by atoms with E-state index in [1.807, 2.05) is 0 Å². The molecule has 2 aliphatic carbocycles. The average molecular weight is 662 g/mol. The van der Waals surface area contributed by atoms with Crippen LogP contribution in [0.5, 0.6) is 0 Å². The number of nitrogens with zero attached hydrogens (tertiary/aromatic N) is 1. The van der Waals surface area contributed by atoms with Gasteiger partial charge in [-0.2, -0.15) is 0 Å². The summed E-state index contributed by atoms with van der Waals surface area (Å²) in [5.41, 5.74) is 18.3. The first-order valence-electron chi connectivity index (χ1n) is 18.4. The third-order valence-corrected chi connectivity index (χ3v) is 11.8. The Morgan fingerprint density at radius 2 is 0.904 bits per heavy atom. The summed E-state index contributed by atoms with van der Waals surface area (Å²) in [7, 11) is 0. The van der Waals surface area contributed by atoms with Gasteiger partial charge in [-0.3, -0.25) is 0 Å². The van der Waals surface area contributed by atoms with E-state index in [-0.39, 0.29) is 11.3 Å². The molecule has 52 heavy (non-hydrogen) atoms. The number of para-hydroxylation sites is 2. The lowest BCUT2D eigenvalue weighted by molar-refractivity contribution is 0.782. The molecule has 1 aromatic heterocycles. The Balaban J connectivity index is 1.13. The van der Waals surface area contributed by atoms with Gasteiger partial charge in [0.2, 0.25) is 0 Å². The lowest BCUT2D eigenvalue weighted by Gasteiger charge is -2.31. The summed E-state index contributed by atoms with van der Waals surface area (Å²) < 4.78 is 2.41. The maximum atomic E-state index is 2.41. The number of hydrogen-bond acceptors (Lipinski definition) is 0. The van der Waals surface area contributed by atoms with E-state index in [1.165, 1.54) is 88.7 Å². The van der Waals surface area contributed by atoms with Crippen LogP contribution in [0.2, 0.25) is 0 Å². The highest BCUT2D eigenvalue weighted by atomic mass is 15.0. The van der Waals surface area contributed by atoms with Crippen molar-refractivity contribution in [1.29, 1.82) is 0 Å². The molecule has 1 nitrogen and oxygen atoms in total. The van der Waals surface area contributed by atoms with Gasteiger partial charge < -0.3 is 4.57 Å². The molecule has 1 atom stereocenters. The van der Waals surface area contributed by atoms with Crippen molar-refractivity contribution in [3.05, 3.63) is 233 Å². The molecule has 0 saturated carbocycles. The minimum absolute atomic E-state index is 0.152. The van der Waals surface area contributed by atoms with Crippen LogP contribution in [0.25, 0.3) is 49.7 Å². The summed E-state index contributed by atoms with van der Waals surface area (Å²) in [4.78, 5) is 0. The Hall–Kier alpha value is -6.44. The van der Waals surface area contributed by atoms with Crippen LogP contribution in [0, 0.1) is 0 Å². The Morgan fingerprint density at radius 1 is 0.404 bits per heavy atom. The van der Waals surface area contributed by atoms with Crippen molar-refractivity contribution in [2.24, 2.45) is 0 Å². The summed E-state index contributed by atoms with van der Waals surface area (Å²) in [5.74, 6) is 0.152. The normalized spacial score (nSPS) is 13.9. The molecule has 0 saturated heterocycles. The fourth-order valence-corrected chi connectivity index (χ4v) is 9.78. The van der Waals surface area contributed by atoms with Gasteiger partial charge in [-0.25, -0.2) is 0 Å². The summed E-state index contributed by atoms with van der Waals surface area (Å²) in [6.07, 6.45) is 0.911. The molecule has 0 radical (unpaired) electrons. The molecule has 8 aromatic carbocycles. The Labute approximate surface area is 304 Å². The lowest BCUT2D eigenvalue weighted by atomic mass is 9.70. The molecule has 9 aromatic rings. The molecule has 0 amide bonds. The van der Waals surface area contributed by atoms with Crippen LogP contribution in [0.15, 0.2) is 194 Å². The molecule has 0 bridgehead atoms. The second kappa shape index (κ2) is 11.3. The minimum Gasteiger partial charge on any atom is -0.309 e. The highest BCUT2D eigenvalue weighted by molar-refractivity contribution is 6.09. The first kappa shape index (κ1) is 29.3. The van der Waals surface area contributed by atoms with Crippen molar-refractivity contribution < 1.29 is 0 Å². The number of aromatic nitrogens is 1. The van der Waals surface area contributed by atoms with Crippen LogP contribution in [0.3, 0.4) is 0 Å². The van der Waals surface area contributed by atoms with Gasteiger partial charge in [-0.05, 0) is 91.9 Å². The molecule has 1 spiro atoms. The second-order valence-electron chi connectivity index (χ2n) is 14.4. The molecule has 244 valence electrons. The predicted octanol–water partition coefficient (Wildman–Crippen LogP) is 12.5. The molecular weight excluding hydrogens is 627 g/mol. The topological polar surface area (TPSA) is 4.93 Å². The molecule has 0 fully saturated rings. The van der Waals surface area contributed by atoms with E-state index in [4.69, 9.17) is 0 Å². The highest BCUT2D eigenvalue weighted by Crippen LogP contribution is 2.63. The van der Waals surface area contributed by atoms with Crippen LogP contribution in [0.4, 0.5) is 0 Å². The summed E-state index contributed by atoms with van der Waals surface area (Å²) in [5, 5.41) is 2.57. The Bertz CT molecular complexity index is 2720. The van der Waals surface area contributed by atoms with Crippen LogP contribution in [-0.4, -0.2) is 4.57 Å². The third-order valence-electron chi connectivity index (χ3n) is 11.8. The molecule has 11 rings (SSSR count). The van der Waals surface area contributed by atoms with Crippen molar-refractivity contribution >= 4 is 21.8 Å². The van der Waals surface area contributed by atoms with Gasteiger partial charge in [0.1, 0.15) is 0 Å². The number of rotatable bonds is 5. The van der Waals surface area contributed by atoms with Gasteiger partial charge in [0.05, 0.1) is 16.4 Å². The zero-order chi connectivity index (χ0) is 34.2. The van der Waals surface area contributed by atoms with Crippen molar-refractivity contribution in [3.63, 3.8) is 0 Å². The first-order chi connectivity index (χ1) is 25.8. The van der Waals surface area contributed by atoms with Crippen molar-refractivity contribution in [2.45, 2.75) is 17.8 Å². The van der Waals surface area contributed by atoms with E-state index >= 15 is 0 Å². The van der Waals surface area contributed by atoms with Gasteiger partial charge in [-0.1, -0.05) is 170 Å². The molecule has 1 unspecified atom stereocenters. The Kier molecular flexibility index (Phi) is 6.36. The average Bonchev–Trinajstić information content (AvgIpc) is 3.83. The maximum Gasteiger partial charge on any atom is 0.0725 e. The second-order valence-corrected chi connectivity index (χ2v) is 14.4. The number of fused-ring (bicyclic) bond motifs is 13. The first-order valence-corrected chi connectivity index (χ1v) is 18.4. The minimum atomic E-state index is -0.354. The third kappa shape index (κ3) is 3.99. The van der Waals surface area contributed by atoms with Gasteiger partial charge in [0.25, 0.3) is 0 Å². The van der Waals surface area contributed by atoms with Gasteiger partial charge >= 0.3 is 0 Å². The highest BCUT2D eigenvalue weighted by Gasteiger charge is 2.52. The van der Waals surface area contributed by atoms with E-state index in [0.717, 1.165) is 6.42 Å². The molecule has 1 heteroatoms. The molecule has 0 aliphatic heterocycles. The van der Waals surface area contributed by atoms with E-state index in [9.17, 15) is 0 Å². The monoisotopic (exact) mass is 661 g/mol. The molecule has 1 heterocycles. The van der Waals surface area contributed by atoms with E-state index in [1.54, 1.807) is 0 Å². The largest absolute Gasteiger partial charge is 0.309 e. The van der Waals surface area contributed by atoms with Gasteiger partial charge in [0, 0.05) is 22.4 Å². The van der Waals surface area contributed by atoms with Crippen molar-refractivity contribution in [3.8, 4) is 27.9 Å². The summed E-state index contributed by atoms with van der Waals surface area (Å²) in [6, 6.07) is 72.4. The summed E-state index contributed by atoms with van der Waals surface area (Å²) in [6.45, 7) is 0. The number of hydrogen-bond donors (Lipinski definition) is 0. The predicted molar refractivity (Wildman–Crippen MR) is 216 cm³/mol. The van der Waals surface area contributed by atoms with Crippen LogP contribution in [0.1, 0.15) is 44.9 Å². The zero-order valence-corrected chi connectivity index (χ0v) is 28.7. The van der Waals surface area contributed by atoms with Crippen molar-refractivity contribution in [1.82, 2.24) is 4.57 Å². The van der Waals surface area contributed by atoms with Crippen LogP contribution < -0.4 is 0 Å². The maximum absolute atomic E-state index is 2.41. The van der Waals surface area contributed by atoms with Crippen LogP contribution in [-0.2, 0) is 11.8 Å². The zero-order valence-electron chi connectivity index (χ0n) is 28.7. The summed E-state index contributed by atoms with van der Waals surface area (Å²) >= 11 is 0. The van der Waals surface area contributed by atoms with Crippen molar-refractivity contribution in [2.75, 3.05) is 0 Å². The van der Waals surface area contributed by atoms with E-state index < -0.39 is 0 Å². The smallest absolute Gasteiger partial charge is 0.0725 e. The SMILES string of the molecule is c1ccc(CC(c2ccc(-n3c4ccccc4c4ccccc43)cc2)c2cccc3c2-c2ccccc2C32c3ccccc3-c3ccccc32)cc1. The lowest BCUT2D eigenvalue weighted by Crippen LogP contribution is -2.25. The van der Waals surface area contributed by atoms with E-state index in [0.29, 0.717) is 0 Å². The van der Waals surface area contributed by atoms with Crippen LogP contribution >= 0.6 is 0 Å². The molecule has 2 aliphatic rings. The molecular formula is C51H35N. The number of benzene rings is 8. The quantitative estimate of drug-likeness (QED) is 0.173. The standard InChI is InChI=1S/C51H35N/c1-2-15-34(16-3-1)33-43(35-29-31-36(32-30-35)52-48-27-12-7-19-39(48)40-20-8-13-28-49(40)52)41-22-14-26-47-50(41)42-21-6-11-25-46(42)51(47)44-23-9-4-17-37(44)38-18-5-10-24-45(38)51/h1-32,43H,33H2. The fraction of sp³-hybridized carbons (Fsp3) is 0.0588. The van der Waals surface area contributed by atoms with E-state index in [2.05, 4.69) is 199 Å².